The molecule has 0 unspecified atom stereocenters. The number of fused-ring (bicyclic) bond motifs is 1. The van der Waals surface area contributed by atoms with Gasteiger partial charge >= 0.3 is 11.1 Å². The number of amides is 1. The lowest BCUT2D eigenvalue weighted by atomic mass is 10.1. The number of methoxy groups -OCH3 is 1. The Morgan fingerprint density at radius 3 is 2.28 bits per heavy atom. The number of rotatable bonds is 4. The van der Waals surface area contributed by atoms with E-state index < -0.39 is 11.1 Å². The Morgan fingerprint density at radius 1 is 1.03 bits per heavy atom. The van der Waals surface area contributed by atoms with Gasteiger partial charge in [0, 0.05) is 31.7 Å². The van der Waals surface area contributed by atoms with Crippen molar-refractivity contribution < 1.29 is 14.3 Å². The molecule has 9 nitrogen and oxygen atoms in total. The highest BCUT2D eigenvalue weighted by Gasteiger charge is 2.21. The monoisotopic (exact) mass is 502 g/mol. The zero-order valence-corrected chi connectivity index (χ0v) is 19.6. The van der Waals surface area contributed by atoms with Crippen LogP contribution in [0, 0.1) is 0 Å². The summed E-state index contributed by atoms with van der Waals surface area (Å²) < 4.78 is 14.0. The standard InChI is InChI=1S/C22H23BrN4O5/c1-25-18-11-16(24-20(28)14-10-13(31-3)4-5-15(14)23)17(27-6-8-32-9-7-27)12-19(18)26(2)22(30)21(25)29/h4-5,10-12H,6-9H2,1-3H3,(H,24,28). The smallest absolute Gasteiger partial charge is 0.316 e. The lowest BCUT2D eigenvalue weighted by molar-refractivity contribution is 0.102. The van der Waals surface area contributed by atoms with Gasteiger partial charge < -0.3 is 28.8 Å². The molecule has 0 atom stereocenters. The summed E-state index contributed by atoms with van der Waals surface area (Å²) in [6.45, 7) is 2.38. The number of anilines is 2. The van der Waals surface area contributed by atoms with Crippen LogP contribution in [-0.4, -0.2) is 48.5 Å². The molecule has 1 N–H and O–H groups in total. The molecule has 0 aliphatic carbocycles. The van der Waals surface area contributed by atoms with E-state index in [4.69, 9.17) is 9.47 Å². The molecule has 1 aromatic heterocycles. The summed E-state index contributed by atoms with van der Waals surface area (Å²) in [5.41, 5.74) is 1.59. The number of hydrogen-bond donors (Lipinski definition) is 1. The van der Waals surface area contributed by atoms with Crippen molar-refractivity contribution in [3.05, 3.63) is 61.1 Å². The number of nitrogens with one attached hydrogen (secondary N) is 1. The number of carbonyl (C=O) groups excluding carboxylic acids is 1. The minimum atomic E-state index is -0.632. The van der Waals surface area contributed by atoms with E-state index in [0.29, 0.717) is 58.8 Å². The van der Waals surface area contributed by atoms with Crippen LogP contribution in [0.15, 0.2) is 44.4 Å². The number of carbonyl (C=O) groups is 1. The van der Waals surface area contributed by atoms with Gasteiger partial charge in [-0.15, -0.1) is 0 Å². The Morgan fingerprint density at radius 2 is 1.66 bits per heavy atom. The van der Waals surface area contributed by atoms with Gasteiger partial charge in [-0.05, 0) is 46.3 Å². The minimum absolute atomic E-state index is 0.334. The Bertz CT molecular complexity index is 1320. The highest BCUT2D eigenvalue weighted by atomic mass is 79.9. The summed E-state index contributed by atoms with van der Waals surface area (Å²) in [5.74, 6) is 0.224. The summed E-state index contributed by atoms with van der Waals surface area (Å²) in [7, 11) is 4.65. The maximum atomic E-state index is 13.2. The van der Waals surface area contributed by atoms with Crippen molar-refractivity contribution in [1.29, 1.82) is 0 Å². The summed E-state index contributed by atoms with van der Waals surface area (Å²) in [6, 6.07) is 8.71. The second-order valence-corrected chi connectivity index (χ2v) is 8.34. The number of halogens is 1. The molecule has 10 heteroatoms. The van der Waals surface area contributed by atoms with Gasteiger partial charge in [0.1, 0.15) is 5.75 Å². The zero-order chi connectivity index (χ0) is 23.0. The fraction of sp³-hybridized carbons (Fsp3) is 0.318. The third kappa shape index (κ3) is 3.91. The quantitative estimate of drug-likeness (QED) is 0.549. The van der Waals surface area contributed by atoms with Crippen LogP contribution in [0.25, 0.3) is 11.0 Å². The van der Waals surface area contributed by atoms with E-state index >= 15 is 0 Å². The van der Waals surface area contributed by atoms with Crippen molar-refractivity contribution in [1.82, 2.24) is 9.13 Å². The number of hydrogen-bond acceptors (Lipinski definition) is 6. The third-order valence-corrected chi connectivity index (χ3v) is 6.32. The van der Waals surface area contributed by atoms with E-state index in [1.807, 2.05) is 6.07 Å². The van der Waals surface area contributed by atoms with Crippen molar-refractivity contribution in [3.8, 4) is 5.75 Å². The van der Waals surface area contributed by atoms with Crippen molar-refractivity contribution in [2.75, 3.05) is 43.6 Å². The highest BCUT2D eigenvalue weighted by Crippen LogP contribution is 2.32. The molecule has 1 amide bonds. The Balaban J connectivity index is 1.87. The van der Waals surface area contributed by atoms with Gasteiger partial charge in [0.15, 0.2) is 0 Å². The van der Waals surface area contributed by atoms with Gasteiger partial charge in [0.2, 0.25) is 0 Å². The van der Waals surface area contributed by atoms with Crippen LogP contribution >= 0.6 is 15.9 Å². The Labute approximate surface area is 192 Å². The summed E-state index contributed by atoms with van der Waals surface area (Å²) in [6.07, 6.45) is 0. The molecular weight excluding hydrogens is 480 g/mol. The Kier molecular flexibility index (Phi) is 6.07. The molecule has 0 bridgehead atoms. The average molecular weight is 503 g/mol. The first-order valence-corrected chi connectivity index (χ1v) is 10.8. The zero-order valence-electron chi connectivity index (χ0n) is 18.0. The van der Waals surface area contributed by atoms with Gasteiger partial charge in [-0.25, -0.2) is 0 Å². The average Bonchev–Trinajstić information content (AvgIpc) is 2.81. The molecule has 1 aliphatic rings. The predicted octanol–water partition coefficient (Wildman–Crippen LogP) is 2.10. The van der Waals surface area contributed by atoms with E-state index in [2.05, 4.69) is 26.1 Å². The number of morpholine rings is 1. The first-order valence-electron chi connectivity index (χ1n) is 10.0. The van der Waals surface area contributed by atoms with Crippen LogP contribution in [0.4, 0.5) is 11.4 Å². The molecule has 0 radical (unpaired) electrons. The van der Waals surface area contributed by atoms with E-state index in [1.54, 1.807) is 38.4 Å². The topological polar surface area (TPSA) is 94.8 Å². The molecule has 0 saturated carbocycles. The van der Waals surface area contributed by atoms with Crippen LogP contribution in [0.3, 0.4) is 0 Å². The van der Waals surface area contributed by atoms with Gasteiger partial charge in [0.05, 0.1) is 48.3 Å². The van der Waals surface area contributed by atoms with E-state index in [1.165, 1.54) is 16.2 Å². The maximum absolute atomic E-state index is 13.2. The molecule has 168 valence electrons. The van der Waals surface area contributed by atoms with Crippen LogP contribution in [0.5, 0.6) is 5.75 Å². The van der Waals surface area contributed by atoms with Crippen molar-refractivity contribution in [2.45, 2.75) is 0 Å². The summed E-state index contributed by atoms with van der Waals surface area (Å²) in [5, 5.41) is 2.98. The maximum Gasteiger partial charge on any atom is 0.316 e. The van der Waals surface area contributed by atoms with Crippen LogP contribution in [0.1, 0.15) is 10.4 Å². The van der Waals surface area contributed by atoms with E-state index in [9.17, 15) is 14.4 Å². The van der Waals surface area contributed by atoms with Crippen LogP contribution < -0.4 is 26.1 Å². The minimum Gasteiger partial charge on any atom is -0.497 e. The normalized spacial score (nSPS) is 13.9. The number of benzene rings is 2. The van der Waals surface area contributed by atoms with Gasteiger partial charge in [-0.1, -0.05) is 0 Å². The number of aromatic nitrogens is 2. The van der Waals surface area contributed by atoms with Crippen molar-refractivity contribution in [2.24, 2.45) is 14.1 Å². The molecule has 2 aromatic carbocycles. The molecule has 0 spiro atoms. The molecule has 32 heavy (non-hydrogen) atoms. The summed E-state index contributed by atoms with van der Waals surface area (Å²) in [4.78, 5) is 40.0. The molecule has 2 heterocycles. The van der Waals surface area contributed by atoms with Crippen molar-refractivity contribution >= 4 is 44.2 Å². The largest absolute Gasteiger partial charge is 0.497 e. The fourth-order valence-corrected chi connectivity index (χ4v) is 4.20. The van der Waals surface area contributed by atoms with E-state index in [-0.39, 0.29) is 5.91 Å². The van der Waals surface area contributed by atoms with E-state index in [0.717, 1.165) is 5.69 Å². The first kappa shape index (κ1) is 22.1. The van der Waals surface area contributed by atoms with Crippen LogP contribution in [-0.2, 0) is 18.8 Å². The molecule has 4 rings (SSSR count). The third-order valence-electron chi connectivity index (χ3n) is 5.63. The predicted molar refractivity (Wildman–Crippen MR) is 126 cm³/mol. The SMILES string of the molecule is COc1ccc(Br)c(C(=O)Nc2cc3c(cc2N2CCOCC2)n(C)c(=O)c(=O)n3C)c1. The lowest BCUT2D eigenvalue weighted by Crippen LogP contribution is -2.40. The van der Waals surface area contributed by atoms with Gasteiger partial charge in [0.25, 0.3) is 5.91 Å². The molecule has 3 aromatic rings. The number of nitrogens with zero attached hydrogens (tertiary/aromatic N) is 3. The second-order valence-electron chi connectivity index (χ2n) is 7.49. The highest BCUT2D eigenvalue weighted by molar-refractivity contribution is 9.10. The lowest BCUT2D eigenvalue weighted by Gasteiger charge is -2.31. The number of ether oxygens (including phenoxy) is 2. The molecule has 1 fully saturated rings. The number of aryl methyl sites for hydroxylation is 2. The van der Waals surface area contributed by atoms with Gasteiger partial charge in [-0.3, -0.25) is 14.4 Å². The summed E-state index contributed by atoms with van der Waals surface area (Å²) >= 11 is 3.42. The molecular formula is C22H23BrN4O5. The molecule has 1 saturated heterocycles. The second kappa shape index (κ2) is 8.79. The fourth-order valence-electron chi connectivity index (χ4n) is 3.77. The molecule has 1 aliphatic heterocycles. The van der Waals surface area contributed by atoms with Crippen LogP contribution in [0.2, 0.25) is 0 Å². The first-order chi connectivity index (χ1) is 15.3. The Hall–Kier alpha value is -3.11. The van der Waals surface area contributed by atoms with Crippen molar-refractivity contribution in [3.63, 3.8) is 0 Å². The van der Waals surface area contributed by atoms with Gasteiger partial charge in [-0.2, -0.15) is 0 Å².